The highest BCUT2D eigenvalue weighted by Crippen LogP contribution is 2.13. The first-order valence-electron chi connectivity index (χ1n) is 9.48. The number of halogens is 1. The number of benzene rings is 1. The van der Waals surface area contributed by atoms with Crippen molar-refractivity contribution in [2.24, 2.45) is 10.7 Å². The first-order chi connectivity index (χ1) is 13.7. The maximum Gasteiger partial charge on any atom is 0.291 e. The molecule has 4 N–H and O–H groups in total. The normalized spacial score (nSPS) is 14.8. The van der Waals surface area contributed by atoms with E-state index in [0.717, 1.165) is 51.4 Å². The number of nitrogens with two attached hydrogens (primary N) is 1. The average Bonchev–Trinajstić information content (AvgIpc) is 3.26. The third kappa shape index (κ3) is 8.03. The van der Waals surface area contributed by atoms with Crippen LogP contribution in [-0.4, -0.2) is 56.2 Å². The molecular weight excluding hydrogens is 485 g/mol. The lowest BCUT2D eigenvalue weighted by Gasteiger charge is -2.26. The molecular formula is C20H28IN5O3. The number of morpholine rings is 1. The molecule has 0 atom stereocenters. The van der Waals surface area contributed by atoms with Gasteiger partial charge in [-0.05, 0) is 42.8 Å². The third-order valence-electron chi connectivity index (χ3n) is 4.42. The Labute approximate surface area is 187 Å². The van der Waals surface area contributed by atoms with Crippen molar-refractivity contribution in [2.75, 3.05) is 44.7 Å². The van der Waals surface area contributed by atoms with Crippen LogP contribution in [0.4, 0.5) is 5.69 Å². The Morgan fingerprint density at radius 3 is 2.79 bits per heavy atom. The molecule has 3 rings (SSSR count). The molecule has 0 spiro atoms. The van der Waals surface area contributed by atoms with Crippen LogP contribution in [0.1, 0.15) is 22.5 Å². The van der Waals surface area contributed by atoms with Gasteiger partial charge in [0.2, 0.25) is 0 Å². The van der Waals surface area contributed by atoms with Gasteiger partial charge in [0.15, 0.2) is 11.7 Å². The van der Waals surface area contributed by atoms with Crippen molar-refractivity contribution in [3.63, 3.8) is 0 Å². The fraction of sp³-hybridized carbons (Fsp3) is 0.400. The molecule has 2 aromatic rings. The third-order valence-corrected chi connectivity index (χ3v) is 4.42. The van der Waals surface area contributed by atoms with E-state index >= 15 is 0 Å². The van der Waals surface area contributed by atoms with Crippen molar-refractivity contribution in [3.05, 3.63) is 54.0 Å². The molecule has 1 aromatic heterocycles. The van der Waals surface area contributed by atoms with E-state index in [1.165, 1.54) is 6.26 Å². The van der Waals surface area contributed by atoms with Crippen LogP contribution < -0.4 is 16.4 Å². The number of aliphatic imine (C=N–C) groups is 1. The summed E-state index contributed by atoms with van der Waals surface area (Å²) in [6.45, 7) is 5.88. The van der Waals surface area contributed by atoms with Crippen LogP contribution in [0.2, 0.25) is 0 Å². The second kappa shape index (κ2) is 12.5. The predicted octanol–water partition coefficient (Wildman–Crippen LogP) is 2.28. The molecule has 1 aliphatic heterocycles. The summed E-state index contributed by atoms with van der Waals surface area (Å²) >= 11 is 0. The lowest BCUT2D eigenvalue weighted by Crippen LogP contribution is -2.39. The van der Waals surface area contributed by atoms with Crippen LogP contribution in [0.25, 0.3) is 0 Å². The summed E-state index contributed by atoms with van der Waals surface area (Å²) in [5, 5.41) is 5.95. The van der Waals surface area contributed by atoms with Crippen molar-refractivity contribution in [1.29, 1.82) is 0 Å². The maximum absolute atomic E-state index is 12.0. The summed E-state index contributed by atoms with van der Waals surface area (Å²) in [6, 6.07) is 10.8. The number of nitrogens with zero attached hydrogens (tertiary/aromatic N) is 2. The SMILES string of the molecule is I.NC(=NCc1cccc(NC(=O)c2ccco2)c1)NCCCN1CCOCC1. The Morgan fingerprint density at radius 2 is 2.03 bits per heavy atom. The van der Waals surface area contributed by atoms with E-state index in [2.05, 4.69) is 20.5 Å². The van der Waals surface area contributed by atoms with Crippen molar-refractivity contribution >= 4 is 41.5 Å². The molecule has 1 aliphatic rings. The van der Waals surface area contributed by atoms with E-state index in [4.69, 9.17) is 14.9 Å². The largest absolute Gasteiger partial charge is 0.459 e. The average molecular weight is 513 g/mol. The fourth-order valence-electron chi connectivity index (χ4n) is 2.92. The molecule has 0 aliphatic carbocycles. The van der Waals surface area contributed by atoms with Gasteiger partial charge in [-0.25, -0.2) is 4.99 Å². The Bertz CT molecular complexity index is 776. The van der Waals surface area contributed by atoms with Crippen LogP contribution in [0, 0.1) is 0 Å². The summed E-state index contributed by atoms with van der Waals surface area (Å²) in [5.41, 5.74) is 7.59. The van der Waals surface area contributed by atoms with Crippen LogP contribution in [0.15, 0.2) is 52.1 Å². The van der Waals surface area contributed by atoms with Gasteiger partial charge in [0, 0.05) is 25.3 Å². The Morgan fingerprint density at radius 1 is 1.21 bits per heavy atom. The summed E-state index contributed by atoms with van der Waals surface area (Å²) < 4.78 is 10.4. The zero-order chi connectivity index (χ0) is 19.6. The van der Waals surface area contributed by atoms with E-state index in [1.807, 2.05) is 24.3 Å². The van der Waals surface area contributed by atoms with E-state index in [1.54, 1.807) is 12.1 Å². The number of carbonyl (C=O) groups is 1. The van der Waals surface area contributed by atoms with E-state index < -0.39 is 0 Å². The Kier molecular flexibility index (Phi) is 9.95. The molecule has 0 bridgehead atoms. The fourth-order valence-corrected chi connectivity index (χ4v) is 2.92. The number of ether oxygens (including phenoxy) is 1. The number of rotatable bonds is 8. The standard InChI is InChI=1S/C20H27N5O3.HI/c21-20(22-7-3-8-25-9-12-27-13-10-25)23-15-16-4-1-5-17(14-16)24-19(26)18-6-2-11-28-18;/h1-2,4-6,11,14H,3,7-10,12-13,15H2,(H,24,26)(H3,21,22,23);1H. The second-order valence-electron chi connectivity index (χ2n) is 6.57. The highest BCUT2D eigenvalue weighted by atomic mass is 127. The van der Waals surface area contributed by atoms with Crippen molar-refractivity contribution in [2.45, 2.75) is 13.0 Å². The first kappa shape index (κ1) is 23.2. The number of guanidine groups is 1. The van der Waals surface area contributed by atoms with Gasteiger partial charge in [-0.2, -0.15) is 0 Å². The second-order valence-corrected chi connectivity index (χ2v) is 6.57. The van der Waals surface area contributed by atoms with Gasteiger partial charge in [0.05, 0.1) is 26.0 Å². The summed E-state index contributed by atoms with van der Waals surface area (Å²) in [4.78, 5) is 18.8. The monoisotopic (exact) mass is 513 g/mol. The van der Waals surface area contributed by atoms with E-state index in [0.29, 0.717) is 18.2 Å². The van der Waals surface area contributed by atoms with E-state index in [-0.39, 0.29) is 35.6 Å². The number of hydrogen-bond donors (Lipinski definition) is 3. The molecule has 8 nitrogen and oxygen atoms in total. The topological polar surface area (TPSA) is 105 Å². The molecule has 0 radical (unpaired) electrons. The minimum atomic E-state index is -0.285. The highest BCUT2D eigenvalue weighted by Gasteiger charge is 2.10. The summed E-state index contributed by atoms with van der Waals surface area (Å²) in [6.07, 6.45) is 2.47. The van der Waals surface area contributed by atoms with Gasteiger partial charge in [-0.15, -0.1) is 24.0 Å². The number of nitrogens with one attached hydrogen (secondary N) is 2. The Balaban J connectivity index is 0.00000300. The van der Waals surface area contributed by atoms with Crippen LogP contribution in [0.5, 0.6) is 0 Å². The van der Waals surface area contributed by atoms with Gasteiger partial charge >= 0.3 is 0 Å². The molecule has 0 saturated carbocycles. The number of furan rings is 1. The zero-order valence-corrected chi connectivity index (χ0v) is 18.6. The molecule has 29 heavy (non-hydrogen) atoms. The van der Waals surface area contributed by atoms with Gasteiger partial charge in [0.25, 0.3) is 5.91 Å². The summed E-state index contributed by atoms with van der Waals surface area (Å²) in [7, 11) is 0. The molecule has 1 saturated heterocycles. The van der Waals surface area contributed by atoms with Crippen molar-refractivity contribution < 1.29 is 13.9 Å². The molecule has 1 fully saturated rings. The molecule has 1 aromatic carbocycles. The van der Waals surface area contributed by atoms with E-state index in [9.17, 15) is 4.79 Å². The smallest absolute Gasteiger partial charge is 0.291 e. The number of hydrogen-bond acceptors (Lipinski definition) is 5. The molecule has 9 heteroatoms. The van der Waals surface area contributed by atoms with Crippen molar-refractivity contribution in [1.82, 2.24) is 10.2 Å². The molecule has 158 valence electrons. The minimum absolute atomic E-state index is 0. The zero-order valence-electron chi connectivity index (χ0n) is 16.3. The van der Waals surface area contributed by atoms with Crippen LogP contribution in [0.3, 0.4) is 0 Å². The predicted molar refractivity (Wildman–Crippen MR) is 124 cm³/mol. The van der Waals surface area contributed by atoms with Gasteiger partial charge < -0.3 is 25.5 Å². The van der Waals surface area contributed by atoms with Crippen LogP contribution in [-0.2, 0) is 11.3 Å². The number of anilines is 1. The number of amides is 1. The van der Waals surface area contributed by atoms with Crippen LogP contribution >= 0.6 is 24.0 Å². The lowest BCUT2D eigenvalue weighted by molar-refractivity contribution is 0.0376. The minimum Gasteiger partial charge on any atom is -0.459 e. The lowest BCUT2D eigenvalue weighted by atomic mass is 10.2. The van der Waals surface area contributed by atoms with Gasteiger partial charge in [-0.1, -0.05) is 12.1 Å². The molecule has 1 amide bonds. The number of carbonyl (C=O) groups excluding carboxylic acids is 1. The summed E-state index contributed by atoms with van der Waals surface area (Å²) in [5.74, 6) is 0.410. The van der Waals surface area contributed by atoms with Gasteiger partial charge in [-0.3, -0.25) is 9.69 Å². The first-order valence-corrected chi connectivity index (χ1v) is 9.48. The molecule has 0 unspecified atom stereocenters. The highest BCUT2D eigenvalue weighted by molar-refractivity contribution is 14.0. The maximum atomic E-state index is 12.0. The molecule has 2 heterocycles. The quantitative estimate of drug-likeness (QED) is 0.217. The van der Waals surface area contributed by atoms with Crippen molar-refractivity contribution in [3.8, 4) is 0 Å². The van der Waals surface area contributed by atoms with Gasteiger partial charge in [0.1, 0.15) is 0 Å². The Hall–Kier alpha value is -2.11.